The van der Waals surface area contributed by atoms with E-state index in [2.05, 4.69) is 5.32 Å². The van der Waals surface area contributed by atoms with E-state index in [0.717, 1.165) is 16.7 Å². The number of nitrogens with zero attached hydrogens (tertiary/aromatic N) is 1. The fourth-order valence-electron chi connectivity index (χ4n) is 4.76. The lowest BCUT2D eigenvalue weighted by molar-refractivity contribution is -0.152. The number of methoxy groups -OCH3 is 2. The van der Waals surface area contributed by atoms with E-state index in [4.69, 9.17) is 14.2 Å². The van der Waals surface area contributed by atoms with Crippen molar-refractivity contribution in [2.45, 2.75) is 71.2 Å². The SMILES string of the molecule is COC(=O)[C@@H]1C[C@@](OC)(c2ccc(-c3ccccc3)cc2)CN1C(=O)[C@@H](NC(=O)OC(C)(C)C)C(C)(C)C. The Morgan fingerprint density at radius 1 is 0.921 bits per heavy atom. The first-order valence-electron chi connectivity index (χ1n) is 12.8. The third-order valence-corrected chi connectivity index (χ3v) is 6.76. The molecule has 206 valence electrons. The van der Waals surface area contributed by atoms with Crippen LogP contribution in [0.1, 0.15) is 53.5 Å². The van der Waals surface area contributed by atoms with Crippen LogP contribution in [0.3, 0.4) is 0 Å². The van der Waals surface area contributed by atoms with Crippen LogP contribution in [-0.4, -0.2) is 61.3 Å². The van der Waals surface area contributed by atoms with Crippen LogP contribution >= 0.6 is 0 Å². The predicted octanol–water partition coefficient (Wildman–Crippen LogP) is 4.91. The lowest BCUT2D eigenvalue weighted by atomic mass is 9.85. The van der Waals surface area contributed by atoms with Gasteiger partial charge in [0, 0.05) is 13.5 Å². The summed E-state index contributed by atoms with van der Waals surface area (Å²) in [6.07, 6.45) is -0.482. The first-order valence-corrected chi connectivity index (χ1v) is 12.8. The van der Waals surface area contributed by atoms with Crippen molar-refractivity contribution in [2.24, 2.45) is 5.41 Å². The predicted molar refractivity (Wildman–Crippen MR) is 145 cm³/mol. The number of carbonyl (C=O) groups is 3. The minimum absolute atomic E-state index is 0.120. The largest absolute Gasteiger partial charge is 0.467 e. The molecule has 3 rings (SSSR count). The van der Waals surface area contributed by atoms with E-state index in [9.17, 15) is 14.4 Å². The minimum Gasteiger partial charge on any atom is -0.467 e. The zero-order chi connectivity index (χ0) is 28.3. The molecule has 1 aliphatic heterocycles. The third-order valence-electron chi connectivity index (χ3n) is 6.76. The highest BCUT2D eigenvalue weighted by molar-refractivity contribution is 5.91. The molecule has 2 amide bonds. The Bertz CT molecular complexity index is 1130. The highest BCUT2D eigenvalue weighted by Gasteiger charge is 2.53. The van der Waals surface area contributed by atoms with Crippen molar-refractivity contribution in [1.82, 2.24) is 10.2 Å². The van der Waals surface area contributed by atoms with Gasteiger partial charge >= 0.3 is 12.1 Å². The molecular weight excluding hydrogens is 484 g/mol. The number of benzene rings is 2. The summed E-state index contributed by atoms with van der Waals surface area (Å²) in [5.41, 5.74) is 0.654. The minimum atomic E-state index is -0.947. The van der Waals surface area contributed by atoms with Gasteiger partial charge in [0.15, 0.2) is 0 Å². The van der Waals surface area contributed by atoms with Gasteiger partial charge in [-0.05, 0) is 42.9 Å². The summed E-state index contributed by atoms with van der Waals surface area (Å²) in [6.45, 7) is 10.9. The van der Waals surface area contributed by atoms with E-state index in [-0.39, 0.29) is 13.0 Å². The molecule has 1 aliphatic rings. The molecule has 1 fully saturated rings. The van der Waals surface area contributed by atoms with Crippen LogP contribution in [0.5, 0.6) is 0 Å². The molecule has 1 N–H and O–H groups in total. The Hall–Kier alpha value is -3.39. The number of hydrogen-bond acceptors (Lipinski definition) is 6. The molecular formula is C30H40N2O6. The number of rotatable bonds is 6. The summed E-state index contributed by atoms with van der Waals surface area (Å²) in [4.78, 5) is 41.0. The Kier molecular flexibility index (Phi) is 8.56. The molecule has 0 spiro atoms. The number of carbonyl (C=O) groups excluding carboxylic acids is 3. The molecule has 8 nitrogen and oxygen atoms in total. The van der Waals surface area contributed by atoms with Gasteiger partial charge in [-0.2, -0.15) is 0 Å². The van der Waals surface area contributed by atoms with Crippen molar-refractivity contribution < 1.29 is 28.6 Å². The van der Waals surface area contributed by atoms with E-state index in [1.165, 1.54) is 12.0 Å². The molecule has 2 aromatic carbocycles. The molecule has 0 bridgehead atoms. The number of alkyl carbamates (subject to hydrolysis) is 1. The lowest BCUT2D eigenvalue weighted by Crippen LogP contribution is -2.57. The Morgan fingerprint density at radius 3 is 2.00 bits per heavy atom. The van der Waals surface area contributed by atoms with E-state index >= 15 is 0 Å². The van der Waals surface area contributed by atoms with E-state index in [0.29, 0.717) is 0 Å². The van der Waals surface area contributed by atoms with E-state index in [1.54, 1.807) is 27.9 Å². The standard InChI is InChI=1S/C30H40N2O6/c1-28(2,3)24(31-27(35)38-29(4,5)6)25(33)32-19-30(37-8,18-23(32)26(34)36-7)22-16-14-21(15-17-22)20-12-10-9-11-13-20/h9-17,23-24H,18-19H2,1-8H3,(H,31,35)/t23-,24+,30-/m0/s1. The number of likely N-dealkylation sites (tertiary alicyclic amines) is 1. The second-order valence-electron chi connectivity index (χ2n) is 11.8. The molecule has 0 aliphatic carbocycles. The van der Waals surface area contributed by atoms with Crippen molar-refractivity contribution in [2.75, 3.05) is 20.8 Å². The molecule has 1 saturated heterocycles. The molecule has 1 heterocycles. The maximum Gasteiger partial charge on any atom is 0.408 e. The molecule has 8 heteroatoms. The first-order chi connectivity index (χ1) is 17.7. The fourth-order valence-corrected chi connectivity index (χ4v) is 4.76. The smallest absolute Gasteiger partial charge is 0.408 e. The zero-order valence-corrected chi connectivity index (χ0v) is 23.7. The van der Waals surface area contributed by atoms with Gasteiger partial charge in [-0.1, -0.05) is 75.4 Å². The summed E-state index contributed by atoms with van der Waals surface area (Å²) in [7, 11) is 2.88. The van der Waals surface area contributed by atoms with Gasteiger partial charge in [-0.3, -0.25) is 4.79 Å². The highest BCUT2D eigenvalue weighted by atomic mass is 16.6. The number of esters is 1. The summed E-state index contributed by atoms with van der Waals surface area (Å²) in [6, 6.07) is 16.1. The molecule has 0 radical (unpaired) electrons. The van der Waals surface area contributed by atoms with E-state index < -0.39 is 46.7 Å². The summed E-state index contributed by atoms with van der Waals surface area (Å²) in [5.74, 6) is -0.943. The summed E-state index contributed by atoms with van der Waals surface area (Å²) < 4.78 is 16.5. The van der Waals surface area contributed by atoms with Gasteiger partial charge in [-0.25, -0.2) is 9.59 Å². The second kappa shape index (κ2) is 11.2. The topological polar surface area (TPSA) is 94.2 Å². The van der Waals surface area contributed by atoms with Crippen molar-refractivity contribution in [3.63, 3.8) is 0 Å². The van der Waals surface area contributed by atoms with Crippen LogP contribution in [-0.2, 0) is 29.4 Å². The fraction of sp³-hybridized carbons (Fsp3) is 0.500. The van der Waals surface area contributed by atoms with Gasteiger partial charge in [0.1, 0.15) is 23.3 Å². The molecule has 3 atom stereocenters. The Labute approximate surface area is 225 Å². The quantitative estimate of drug-likeness (QED) is 0.540. The normalized spacial score (nSPS) is 20.5. The number of ether oxygens (including phenoxy) is 3. The first kappa shape index (κ1) is 29.2. The van der Waals surface area contributed by atoms with Gasteiger partial charge in [-0.15, -0.1) is 0 Å². The van der Waals surface area contributed by atoms with Crippen molar-refractivity contribution in [3.05, 3.63) is 60.2 Å². The van der Waals surface area contributed by atoms with Crippen LogP contribution in [0.2, 0.25) is 0 Å². The molecule has 38 heavy (non-hydrogen) atoms. The van der Waals surface area contributed by atoms with Gasteiger partial charge in [0.25, 0.3) is 0 Å². The van der Waals surface area contributed by atoms with Gasteiger partial charge < -0.3 is 24.4 Å². The molecule has 0 unspecified atom stereocenters. The zero-order valence-electron chi connectivity index (χ0n) is 23.7. The van der Waals surface area contributed by atoms with E-state index in [1.807, 2.05) is 75.4 Å². The number of amides is 2. The molecule has 2 aromatic rings. The molecule has 0 saturated carbocycles. The summed E-state index contributed by atoms with van der Waals surface area (Å²) in [5, 5.41) is 2.73. The number of nitrogens with one attached hydrogen (secondary N) is 1. The van der Waals surface area contributed by atoms with Crippen molar-refractivity contribution >= 4 is 18.0 Å². The Balaban J connectivity index is 1.95. The second-order valence-corrected chi connectivity index (χ2v) is 11.8. The Morgan fingerprint density at radius 2 is 1.50 bits per heavy atom. The van der Waals surface area contributed by atoms with Gasteiger partial charge in [0.05, 0.1) is 13.7 Å². The van der Waals surface area contributed by atoms with Crippen molar-refractivity contribution in [3.8, 4) is 11.1 Å². The maximum atomic E-state index is 14.0. The van der Waals surface area contributed by atoms with Crippen LogP contribution in [0, 0.1) is 5.41 Å². The molecule has 0 aromatic heterocycles. The van der Waals surface area contributed by atoms with Gasteiger partial charge in [0.2, 0.25) is 5.91 Å². The van der Waals surface area contributed by atoms with Crippen LogP contribution in [0.25, 0.3) is 11.1 Å². The van der Waals surface area contributed by atoms with Crippen LogP contribution in [0.4, 0.5) is 4.79 Å². The average Bonchev–Trinajstić information content (AvgIpc) is 3.27. The lowest BCUT2D eigenvalue weighted by Gasteiger charge is -2.36. The monoisotopic (exact) mass is 524 g/mol. The van der Waals surface area contributed by atoms with Crippen LogP contribution in [0.15, 0.2) is 54.6 Å². The average molecular weight is 525 g/mol. The number of hydrogen-bond donors (Lipinski definition) is 1. The van der Waals surface area contributed by atoms with Crippen LogP contribution < -0.4 is 5.32 Å². The summed E-state index contributed by atoms with van der Waals surface area (Å²) >= 11 is 0. The van der Waals surface area contributed by atoms with Crippen molar-refractivity contribution in [1.29, 1.82) is 0 Å². The third kappa shape index (κ3) is 6.54. The maximum absolute atomic E-state index is 14.0. The highest BCUT2D eigenvalue weighted by Crippen LogP contribution is 2.41.